The third kappa shape index (κ3) is 5.74. The van der Waals surface area contributed by atoms with E-state index in [4.69, 9.17) is 27.9 Å². The van der Waals surface area contributed by atoms with Crippen molar-refractivity contribution in [3.63, 3.8) is 0 Å². The van der Waals surface area contributed by atoms with Gasteiger partial charge < -0.3 is 9.84 Å². The fraction of sp³-hybridized carbons (Fsp3) is 0.250. The number of methoxy groups -OCH3 is 1. The number of nitrogens with zero attached hydrogens (tertiary/aromatic N) is 2. The van der Waals surface area contributed by atoms with Crippen LogP contribution in [-0.2, 0) is 0 Å². The maximum Gasteiger partial charge on any atom is 0.413 e. The molecule has 180 valence electrons. The van der Waals surface area contributed by atoms with E-state index in [0.29, 0.717) is 21.2 Å². The number of aromatic nitrogens is 1. The summed E-state index contributed by atoms with van der Waals surface area (Å²) in [5, 5.41) is 9.51. The Morgan fingerprint density at radius 2 is 1.79 bits per heavy atom. The van der Waals surface area contributed by atoms with Gasteiger partial charge in [0.1, 0.15) is 23.2 Å². The van der Waals surface area contributed by atoms with E-state index in [0.717, 1.165) is 23.1 Å². The Kier molecular flexibility index (Phi) is 7.95. The summed E-state index contributed by atoms with van der Waals surface area (Å²) in [4.78, 5) is 17.9. The molecule has 1 N–H and O–H groups in total. The first-order valence-corrected chi connectivity index (χ1v) is 11.7. The number of ether oxygens (including phenoxy) is 1. The third-order valence-electron chi connectivity index (χ3n) is 4.86. The van der Waals surface area contributed by atoms with Gasteiger partial charge in [0.15, 0.2) is 0 Å². The van der Waals surface area contributed by atoms with Crippen molar-refractivity contribution in [3.05, 3.63) is 81.5 Å². The average Bonchev–Trinajstić information content (AvgIpc) is 2.75. The van der Waals surface area contributed by atoms with Gasteiger partial charge in [-0.15, -0.1) is 11.8 Å². The molecule has 0 saturated heterocycles. The van der Waals surface area contributed by atoms with Gasteiger partial charge >= 0.3 is 6.09 Å². The average molecular weight is 527 g/mol. The molecule has 0 radical (unpaired) electrons. The molecule has 3 rings (SSSR count). The van der Waals surface area contributed by atoms with Gasteiger partial charge in [-0.2, -0.15) is 0 Å². The number of hydrogen-bond donors (Lipinski definition) is 1. The van der Waals surface area contributed by atoms with E-state index < -0.39 is 28.5 Å². The molecule has 1 unspecified atom stereocenters. The van der Waals surface area contributed by atoms with E-state index in [1.54, 1.807) is 39.0 Å². The van der Waals surface area contributed by atoms with Crippen LogP contribution in [0.15, 0.2) is 53.6 Å². The minimum Gasteiger partial charge on any atom is -0.495 e. The third-order valence-corrected chi connectivity index (χ3v) is 6.76. The Bertz CT molecular complexity index is 1220. The van der Waals surface area contributed by atoms with Crippen molar-refractivity contribution in [1.29, 1.82) is 0 Å². The first-order valence-electron chi connectivity index (χ1n) is 10.1. The highest BCUT2D eigenvalue weighted by Gasteiger charge is 2.31. The van der Waals surface area contributed by atoms with Crippen LogP contribution in [0.5, 0.6) is 5.75 Å². The van der Waals surface area contributed by atoms with Crippen molar-refractivity contribution >= 4 is 46.9 Å². The van der Waals surface area contributed by atoms with Gasteiger partial charge in [-0.1, -0.05) is 23.2 Å². The molecule has 1 heterocycles. The monoisotopic (exact) mass is 526 g/mol. The van der Waals surface area contributed by atoms with E-state index >= 15 is 0 Å². The fourth-order valence-corrected chi connectivity index (χ4v) is 5.05. The number of carbonyl (C=O) groups is 1. The van der Waals surface area contributed by atoms with Gasteiger partial charge in [0, 0.05) is 22.2 Å². The number of benzene rings is 2. The van der Waals surface area contributed by atoms with E-state index in [1.165, 1.54) is 31.1 Å². The smallest absolute Gasteiger partial charge is 0.413 e. The molecule has 0 aliphatic rings. The predicted molar refractivity (Wildman–Crippen MR) is 132 cm³/mol. The first-order chi connectivity index (χ1) is 15.9. The number of pyridine rings is 1. The number of rotatable bonds is 6. The van der Waals surface area contributed by atoms with Crippen molar-refractivity contribution in [2.24, 2.45) is 0 Å². The molecule has 1 atom stereocenters. The van der Waals surface area contributed by atoms with Crippen LogP contribution in [0.2, 0.25) is 10.0 Å². The lowest BCUT2D eigenvalue weighted by Crippen LogP contribution is -2.45. The molecular formula is C24H22Cl2F2N2O3S. The zero-order valence-corrected chi connectivity index (χ0v) is 21.1. The highest BCUT2D eigenvalue weighted by atomic mass is 35.5. The molecular weight excluding hydrogens is 505 g/mol. The van der Waals surface area contributed by atoms with Crippen LogP contribution in [0.3, 0.4) is 0 Å². The van der Waals surface area contributed by atoms with Crippen molar-refractivity contribution in [3.8, 4) is 5.75 Å². The highest BCUT2D eigenvalue weighted by molar-refractivity contribution is 7.99. The summed E-state index contributed by atoms with van der Waals surface area (Å²) in [5.74, 6) is -0.741. The molecule has 34 heavy (non-hydrogen) atoms. The maximum absolute atomic E-state index is 14.9. The highest BCUT2D eigenvalue weighted by Crippen LogP contribution is 2.46. The summed E-state index contributed by atoms with van der Waals surface area (Å²) in [6, 6.07) is 9.66. The van der Waals surface area contributed by atoms with Crippen LogP contribution < -0.4 is 9.64 Å². The van der Waals surface area contributed by atoms with Crippen LogP contribution in [-0.4, -0.2) is 28.8 Å². The lowest BCUT2D eigenvalue weighted by molar-refractivity contribution is 0.195. The van der Waals surface area contributed by atoms with E-state index in [9.17, 15) is 18.7 Å². The second-order valence-electron chi connectivity index (χ2n) is 8.31. The van der Waals surface area contributed by atoms with Gasteiger partial charge in [0.2, 0.25) is 0 Å². The zero-order valence-electron chi connectivity index (χ0n) is 18.8. The summed E-state index contributed by atoms with van der Waals surface area (Å²) in [5.41, 5.74) is -0.415. The Morgan fingerprint density at radius 1 is 1.09 bits per heavy atom. The van der Waals surface area contributed by atoms with E-state index in [2.05, 4.69) is 4.98 Å². The number of hydrogen-bond acceptors (Lipinski definition) is 4. The lowest BCUT2D eigenvalue weighted by atomic mass is 10.0. The summed E-state index contributed by atoms with van der Waals surface area (Å²) in [6.07, 6.45) is 0.0954. The molecule has 0 aliphatic heterocycles. The Labute approximate surface area is 210 Å². The van der Waals surface area contributed by atoms with Crippen molar-refractivity contribution in [1.82, 2.24) is 4.98 Å². The molecule has 3 aromatic rings. The molecule has 5 nitrogen and oxygen atoms in total. The molecule has 0 spiro atoms. The summed E-state index contributed by atoms with van der Waals surface area (Å²) >= 11 is 13.8. The number of amides is 1. The second kappa shape index (κ2) is 10.4. The maximum atomic E-state index is 14.9. The van der Waals surface area contributed by atoms with E-state index in [-0.39, 0.29) is 16.4 Å². The minimum absolute atomic E-state index is 0.0376. The molecule has 0 fully saturated rings. The zero-order chi connectivity index (χ0) is 25.2. The normalized spacial score (nSPS) is 12.4. The first kappa shape index (κ1) is 26.1. The standard InChI is InChI=1S/C24H22Cl2F2N2O3S/c1-24(2,3)30(23(31)32)21-11-15(18(26)12-29-21)22(16-9-13(27)5-8-19(16)28)34-14-6-7-17(25)20(10-14)33-4/h5-12,22H,1-4H3,(H,31,32). The van der Waals surface area contributed by atoms with Gasteiger partial charge in [-0.3, -0.25) is 4.90 Å². The van der Waals surface area contributed by atoms with Gasteiger partial charge in [-0.25, -0.2) is 18.6 Å². The van der Waals surface area contributed by atoms with Gasteiger partial charge in [0.25, 0.3) is 0 Å². The summed E-state index contributed by atoms with van der Waals surface area (Å²) in [7, 11) is 1.47. The Hall–Kier alpha value is -2.55. The van der Waals surface area contributed by atoms with Crippen LogP contribution in [0.25, 0.3) is 0 Å². The van der Waals surface area contributed by atoms with Gasteiger partial charge in [-0.05, 0) is 68.8 Å². The fourth-order valence-electron chi connectivity index (χ4n) is 3.35. The second-order valence-corrected chi connectivity index (χ2v) is 10.3. The number of thioether (sulfide) groups is 1. The molecule has 10 heteroatoms. The lowest BCUT2D eigenvalue weighted by Gasteiger charge is -2.32. The van der Waals surface area contributed by atoms with Crippen LogP contribution in [0.1, 0.15) is 37.1 Å². The van der Waals surface area contributed by atoms with Crippen LogP contribution >= 0.6 is 35.0 Å². The molecule has 0 bridgehead atoms. The Balaban J connectivity index is 2.21. The number of anilines is 1. The SMILES string of the molecule is COc1cc(SC(c2cc(F)ccc2F)c2cc(N(C(=O)O)C(C)(C)C)ncc2Cl)ccc1Cl. The van der Waals surface area contributed by atoms with Crippen molar-refractivity contribution < 1.29 is 23.4 Å². The molecule has 1 amide bonds. The molecule has 0 saturated carbocycles. The largest absolute Gasteiger partial charge is 0.495 e. The number of halogens is 4. The predicted octanol–water partition coefficient (Wildman–Crippen LogP) is 7.84. The number of carboxylic acid groups (broad SMARTS) is 1. The van der Waals surface area contributed by atoms with Gasteiger partial charge in [0.05, 0.1) is 22.4 Å². The van der Waals surface area contributed by atoms with E-state index in [1.807, 2.05) is 0 Å². The summed E-state index contributed by atoms with van der Waals surface area (Å²) in [6.45, 7) is 5.15. The van der Waals surface area contributed by atoms with Crippen molar-refractivity contribution in [2.45, 2.75) is 36.5 Å². The molecule has 2 aromatic carbocycles. The van der Waals surface area contributed by atoms with Crippen molar-refractivity contribution in [2.75, 3.05) is 12.0 Å². The molecule has 1 aromatic heterocycles. The molecule has 0 aliphatic carbocycles. The minimum atomic E-state index is -1.21. The quantitative estimate of drug-likeness (QED) is 0.331. The summed E-state index contributed by atoms with van der Waals surface area (Å²) < 4.78 is 34.4. The van der Waals surface area contributed by atoms with Crippen LogP contribution in [0.4, 0.5) is 19.4 Å². The topological polar surface area (TPSA) is 62.7 Å². The Morgan fingerprint density at radius 3 is 2.41 bits per heavy atom. The van der Waals surface area contributed by atoms with Crippen LogP contribution in [0, 0.1) is 11.6 Å².